The number of rotatable bonds is 6. The van der Waals surface area contributed by atoms with Crippen molar-refractivity contribution in [2.45, 2.75) is 34.6 Å². The maximum atomic E-state index is 12.7. The monoisotopic (exact) mass is 358 g/mol. The van der Waals surface area contributed by atoms with Gasteiger partial charge in [-0.2, -0.15) is 0 Å². The van der Waals surface area contributed by atoms with Gasteiger partial charge >= 0.3 is 6.03 Å². The van der Waals surface area contributed by atoms with Gasteiger partial charge in [0, 0.05) is 18.3 Å². The first kappa shape index (κ1) is 19.5. The summed E-state index contributed by atoms with van der Waals surface area (Å²) in [6, 6.07) is 7.15. The highest BCUT2D eigenvalue weighted by molar-refractivity contribution is 5.97. The van der Waals surface area contributed by atoms with Crippen molar-refractivity contribution in [2.75, 3.05) is 23.7 Å². The minimum absolute atomic E-state index is 0.0686. The van der Waals surface area contributed by atoms with E-state index in [0.717, 1.165) is 16.8 Å². The fourth-order valence-corrected chi connectivity index (χ4v) is 2.64. The van der Waals surface area contributed by atoms with Crippen molar-refractivity contribution in [1.82, 2.24) is 10.1 Å². The first-order chi connectivity index (χ1) is 12.3. The molecule has 0 aliphatic heterocycles. The smallest absolute Gasteiger partial charge is 0.322 e. The Labute approximate surface area is 153 Å². The predicted octanol–water partition coefficient (Wildman–Crippen LogP) is 3.73. The number of carbonyl (C=O) groups is 2. The number of urea groups is 1. The van der Waals surface area contributed by atoms with Gasteiger partial charge in [-0.25, -0.2) is 4.79 Å². The summed E-state index contributed by atoms with van der Waals surface area (Å²) in [5.41, 5.74) is 2.73. The number of hydrogen-bond donors (Lipinski definition) is 2. The third-order valence-corrected chi connectivity index (χ3v) is 3.82. The van der Waals surface area contributed by atoms with Gasteiger partial charge in [-0.3, -0.25) is 4.79 Å². The Balaban J connectivity index is 2.08. The number of aromatic nitrogens is 1. The zero-order chi connectivity index (χ0) is 19.3. The molecule has 0 spiro atoms. The number of nitrogens with one attached hydrogen (secondary N) is 2. The molecule has 2 rings (SSSR count). The highest BCUT2D eigenvalue weighted by Gasteiger charge is 2.20. The Morgan fingerprint density at radius 1 is 1.15 bits per heavy atom. The molecule has 0 unspecified atom stereocenters. The van der Waals surface area contributed by atoms with Gasteiger partial charge in [0.2, 0.25) is 5.91 Å². The van der Waals surface area contributed by atoms with E-state index in [2.05, 4.69) is 15.8 Å². The van der Waals surface area contributed by atoms with Crippen LogP contribution in [0.4, 0.5) is 16.3 Å². The van der Waals surface area contributed by atoms with Gasteiger partial charge in [0.25, 0.3) is 0 Å². The molecule has 2 N–H and O–H groups in total. The van der Waals surface area contributed by atoms with Crippen LogP contribution in [0, 0.1) is 26.7 Å². The second-order valence-corrected chi connectivity index (χ2v) is 6.84. The summed E-state index contributed by atoms with van der Waals surface area (Å²) in [5.74, 6) is 0.843. The molecule has 0 fully saturated rings. The molecule has 1 aromatic heterocycles. The van der Waals surface area contributed by atoms with Gasteiger partial charge < -0.3 is 20.1 Å². The summed E-state index contributed by atoms with van der Waals surface area (Å²) < 4.78 is 4.93. The molecule has 1 heterocycles. The topological polar surface area (TPSA) is 87.5 Å². The number of anilines is 2. The van der Waals surface area contributed by atoms with Crippen LogP contribution in [0.5, 0.6) is 0 Å². The summed E-state index contributed by atoms with van der Waals surface area (Å²) in [5, 5.41) is 9.31. The molecule has 7 nitrogen and oxygen atoms in total. The lowest BCUT2D eigenvalue weighted by Gasteiger charge is -2.25. The van der Waals surface area contributed by atoms with Crippen LogP contribution < -0.4 is 10.6 Å². The fourth-order valence-electron chi connectivity index (χ4n) is 2.64. The molecule has 2 aromatic rings. The predicted molar refractivity (Wildman–Crippen MR) is 101 cm³/mol. The van der Waals surface area contributed by atoms with Gasteiger partial charge in [-0.15, -0.1) is 0 Å². The summed E-state index contributed by atoms with van der Waals surface area (Å²) in [6.45, 7) is 10.0. The number of aryl methyl sites for hydroxylation is 3. The molecule has 0 saturated heterocycles. The number of para-hydroxylation sites is 1. The molecular formula is C19H26N4O3. The molecule has 0 aliphatic carbocycles. The van der Waals surface area contributed by atoms with E-state index < -0.39 is 0 Å². The van der Waals surface area contributed by atoms with E-state index in [1.165, 1.54) is 4.90 Å². The lowest BCUT2D eigenvalue weighted by atomic mass is 10.1. The highest BCUT2D eigenvalue weighted by atomic mass is 16.5. The normalized spacial score (nSPS) is 10.7. The van der Waals surface area contributed by atoms with E-state index in [0.29, 0.717) is 18.1 Å². The number of hydrogen-bond acceptors (Lipinski definition) is 4. The van der Waals surface area contributed by atoms with Crippen LogP contribution in [0.25, 0.3) is 0 Å². The van der Waals surface area contributed by atoms with Gasteiger partial charge in [-0.1, -0.05) is 37.2 Å². The van der Waals surface area contributed by atoms with Crippen LogP contribution in [0.15, 0.2) is 28.8 Å². The Bertz CT molecular complexity index is 763. The van der Waals surface area contributed by atoms with E-state index in [-0.39, 0.29) is 24.4 Å². The number of carbonyl (C=O) groups excluding carboxylic acids is 2. The van der Waals surface area contributed by atoms with E-state index in [9.17, 15) is 9.59 Å². The van der Waals surface area contributed by atoms with Crippen LogP contribution in [0.3, 0.4) is 0 Å². The van der Waals surface area contributed by atoms with Crippen molar-refractivity contribution in [1.29, 1.82) is 0 Å². The van der Waals surface area contributed by atoms with E-state index in [1.807, 2.05) is 45.9 Å². The molecular weight excluding hydrogens is 332 g/mol. The van der Waals surface area contributed by atoms with Crippen LogP contribution in [-0.4, -0.2) is 35.1 Å². The molecule has 3 amide bonds. The molecule has 0 radical (unpaired) electrons. The molecule has 140 valence electrons. The van der Waals surface area contributed by atoms with Crippen molar-refractivity contribution < 1.29 is 14.1 Å². The summed E-state index contributed by atoms with van der Waals surface area (Å²) in [4.78, 5) is 26.5. The number of amides is 3. The summed E-state index contributed by atoms with van der Waals surface area (Å²) >= 11 is 0. The van der Waals surface area contributed by atoms with Crippen LogP contribution in [0.1, 0.15) is 30.7 Å². The first-order valence-electron chi connectivity index (χ1n) is 8.61. The third-order valence-electron chi connectivity index (χ3n) is 3.82. The van der Waals surface area contributed by atoms with Crippen LogP contribution >= 0.6 is 0 Å². The van der Waals surface area contributed by atoms with Crippen molar-refractivity contribution >= 4 is 23.4 Å². The Morgan fingerprint density at radius 3 is 2.35 bits per heavy atom. The highest BCUT2D eigenvalue weighted by Crippen LogP contribution is 2.20. The zero-order valence-electron chi connectivity index (χ0n) is 15.9. The quantitative estimate of drug-likeness (QED) is 0.824. The minimum atomic E-state index is -0.324. The summed E-state index contributed by atoms with van der Waals surface area (Å²) in [7, 11) is 0. The zero-order valence-corrected chi connectivity index (χ0v) is 15.9. The molecule has 1 aromatic carbocycles. The van der Waals surface area contributed by atoms with Crippen LogP contribution in [0.2, 0.25) is 0 Å². The molecule has 7 heteroatoms. The average Bonchev–Trinajstić information content (AvgIpc) is 2.94. The van der Waals surface area contributed by atoms with E-state index in [1.54, 1.807) is 13.0 Å². The second-order valence-electron chi connectivity index (χ2n) is 6.84. The maximum Gasteiger partial charge on any atom is 0.322 e. The molecule has 0 bridgehead atoms. The average molecular weight is 358 g/mol. The number of nitrogens with zero attached hydrogens (tertiary/aromatic N) is 2. The van der Waals surface area contributed by atoms with Gasteiger partial charge in [0.05, 0.1) is 0 Å². The fraction of sp³-hybridized carbons (Fsp3) is 0.421. The van der Waals surface area contributed by atoms with Gasteiger partial charge in [0.1, 0.15) is 12.3 Å². The Morgan fingerprint density at radius 2 is 1.81 bits per heavy atom. The van der Waals surface area contributed by atoms with Crippen molar-refractivity contribution in [3.8, 4) is 0 Å². The minimum Gasteiger partial charge on any atom is -0.360 e. The second kappa shape index (κ2) is 8.51. The number of benzene rings is 1. The molecule has 26 heavy (non-hydrogen) atoms. The summed E-state index contributed by atoms with van der Waals surface area (Å²) in [6.07, 6.45) is 0. The van der Waals surface area contributed by atoms with Crippen molar-refractivity contribution in [3.05, 3.63) is 41.2 Å². The lowest BCUT2D eigenvalue weighted by molar-refractivity contribution is -0.116. The molecule has 0 saturated carbocycles. The van der Waals surface area contributed by atoms with Crippen molar-refractivity contribution in [2.24, 2.45) is 5.92 Å². The lowest BCUT2D eigenvalue weighted by Crippen LogP contribution is -2.42. The third kappa shape index (κ3) is 5.34. The van der Waals surface area contributed by atoms with Crippen LogP contribution in [-0.2, 0) is 4.79 Å². The van der Waals surface area contributed by atoms with Gasteiger partial charge in [-0.05, 0) is 37.8 Å². The largest absolute Gasteiger partial charge is 0.360 e. The van der Waals surface area contributed by atoms with Gasteiger partial charge in [0.15, 0.2) is 5.82 Å². The standard InChI is InChI=1S/C19H26N4O3/c1-12(2)10-23(11-17(24)20-16-9-15(5)26-22-16)19(25)21-18-13(3)7-6-8-14(18)4/h6-9,12H,10-11H2,1-5H3,(H,21,25)(H,20,22,24). The maximum absolute atomic E-state index is 12.7. The SMILES string of the molecule is Cc1cc(NC(=O)CN(CC(C)C)C(=O)Nc2c(C)cccc2C)no1. The van der Waals surface area contributed by atoms with E-state index in [4.69, 9.17) is 4.52 Å². The first-order valence-corrected chi connectivity index (χ1v) is 8.61. The van der Waals surface area contributed by atoms with E-state index >= 15 is 0 Å². The Hall–Kier alpha value is -2.83. The molecule has 0 aliphatic rings. The molecule has 0 atom stereocenters. The van der Waals surface area contributed by atoms with Crippen molar-refractivity contribution in [3.63, 3.8) is 0 Å². The Kier molecular flexibility index (Phi) is 6.38.